The molecule has 0 unspecified atom stereocenters. The summed E-state index contributed by atoms with van der Waals surface area (Å²) in [7, 11) is -2.59. The van der Waals surface area contributed by atoms with Crippen molar-refractivity contribution in [1.29, 1.82) is 0 Å². The number of benzene rings is 4. The number of hydrogen-bond donors (Lipinski definition) is 0. The predicted molar refractivity (Wildman–Crippen MR) is 134 cm³/mol. The summed E-state index contributed by atoms with van der Waals surface area (Å²) in [4.78, 5) is 14.6. The zero-order valence-corrected chi connectivity index (χ0v) is 20.6. The smallest absolute Gasteiger partial charge is 0.339 e. The highest BCUT2D eigenvalue weighted by molar-refractivity contribution is 7.87. The molecule has 0 heterocycles. The van der Waals surface area contributed by atoms with Crippen molar-refractivity contribution in [3.8, 4) is 11.5 Å². The first-order valence-corrected chi connectivity index (χ1v) is 12.6. The number of carbonyl (C=O) groups excluding carboxylic acids is 1. The quantitative estimate of drug-likeness (QED) is 0.268. The zero-order chi connectivity index (χ0) is 26.4. The molecule has 4 aromatic carbocycles. The summed E-state index contributed by atoms with van der Waals surface area (Å²) in [6.07, 6.45) is 0. The van der Waals surface area contributed by atoms with Gasteiger partial charge in [-0.1, -0.05) is 36.4 Å². The Balaban J connectivity index is 1.53. The fourth-order valence-electron chi connectivity index (χ4n) is 3.60. The molecule has 0 aliphatic carbocycles. The maximum absolute atomic E-state index is 14.3. The van der Waals surface area contributed by atoms with Crippen LogP contribution in [0.3, 0.4) is 0 Å². The van der Waals surface area contributed by atoms with Crippen molar-refractivity contribution in [3.63, 3.8) is 0 Å². The topological polar surface area (TPSA) is 72.9 Å². The molecule has 1 amide bonds. The summed E-state index contributed by atoms with van der Waals surface area (Å²) >= 11 is 0. The Morgan fingerprint density at radius 3 is 1.86 bits per heavy atom. The highest BCUT2D eigenvalue weighted by Crippen LogP contribution is 2.23. The molecule has 37 heavy (non-hydrogen) atoms. The number of hydrogen-bond acceptors (Lipinski definition) is 5. The van der Waals surface area contributed by atoms with Crippen molar-refractivity contribution < 1.29 is 30.9 Å². The molecule has 0 bridgehead atoms. The maximum Gasteiger partial charge on any atom is 0.339 e. The Kier molecular flexibility index (Phi) is 7.83. The summed E-state index contributed by atoms with van der Waals surface area (Å²) < 4.78 is 63.1. The average molecular weight is 524 g/mol. The Morgan fingerprint density at radius 2 is 1.30 bits per heavy atom. The molecule has 4 aromatic rings. The van der Waals surface area contributed by atoms with E-state index in [1.807, 2.05) is 0 Å². The van der Waals surface area contributed by atoms with E-state index in [-0.39, 0.29) is 29.3 Å². The van der Waals surface area contributed by atoms with E-state index in [1.165, 1.54) is 78.7 Å². The van der Waals surface area contributed by atoms with Gasteiger partial charge in [-0.2, -0.15) is 8.42 Å². The first-order valence-electron chi connectivity index (χ1n) is 11.2. The lowest BCUT2D eigenvalue weighted by atomic mass is 10.1. The summed E-state index contributed by atoms with van der Waals surface area (Å²) in [5.74, 6) is -0.992. The van der Waals surface area contributed by atoms with Crippen LogP contribution >= 0.6 is 0 Å². The fraction of sp³-hybridized carbons (Fsp3) is 0.107. The molecule has 0 N–H and O–H groups in total. The Morgan fingerprint density at radius 1 is 0.757 bits per heavy atom. The predicted octanol–water partition coefficient (Wildman–Crippen LogP) is 5.58. The lowest BCUT2D eigenvalue weighted by Crippen LogP contribution is -2.30. The molecule has 0 atom stereocenters. The number of carbonyl (C=O) groups is 1. The van der Waals surface area contributed by atoms with Crippen LogP contribution in [0.2, 0.25) is 0 Å². The molecule has 0 saturated carbocycles. The second-order valence-electron chi connectivity index (χ2n) is 8.12. The summed E-state index contributed by atoms with van der Waals surface area (Å²) in [6.45, 7) is 0.202. The van der Waals surface area contributed by atoms with Gasteiger partial charge >= 0.3 is 10.1 Å². The second kappa shape index (κ2) is 11.2. The molecule has 9 heteroatoms. The molecule has 0 fully saturated rings. The molecular weight excluding hydrogens is 500 g/mol. The van der Waals surface area contributed by atoms with Crippen molar-refractivity contribution in [1.82, 2.24) is 4.90 Å². The van der Waals surface area contributed by atoms with Crippen LogP contribution in [-0.2, 0) is 23.2 Å². The maximum atomic E-state index is 14.3. The van der Waals surface area contributed by atoms with E-state index in [0.717, 1.165) is 0 Å². The number of amides is 1. The van der Waals surface area contributed by atoms with Crippen LogP contribution < -0.4 is 8.92 Å². The number of rotatable bonds is 9. The molecule has 0 aliphatic rings. The van der Waals surface area contributed by atoms with Gasteiger partial charge in [-0.25, -0.2) is 8.78 Å². The highest BCUT2D eigenvalue weighted by Gasteiger charge is 2.21. The largest absolute Gasteiger partial charge is 0.497 e. The van der Waals surface area contributed by atoms with Gasteiger partial charge in [0.25, 0.3) is 5.91 Å². The van der Waals surface area contributed by atoms with Crippen molar-refractivity contribution >= 4 is 16.0 Å². The number of methoxy groups -OCH3 is 1. The fourth-order valence-corrected chi connectivity index (χ4v) is 4.53. The van der Waals surface area contributed by atoms with Crippen LogP contribution in [0.15, 0.2) is 102 Å². The van der Waals surface area contributed by atoms with Gasteiger partial charge in [-0.05, 0) is 71.8 Å². The van der Waals surface area contributed by atoms with Crippen LogP contribution in [-0.4, -0.2) is 26.3 Å². The average Bonchev–Trinajstić information content (AvgIpc) is 2.90. The Hall–Kier alpha value is -4.24. The lowest BCUT2D eigenvalue weighted by Gasteiger charge is -2.23. The van der Waals surface area contributed by atoms with Crippen LogP contribution in [0.1, 0.15) is 21.5 Å². The molecule has 0 aliphatic heterocycles. The first kappa shape index (κ1) is 25.8. The molecule has 0 spiro atoms. The normalized spacial score (nSPS) is 11.1. The lowest BCUT2D eigenvalue weighted by molar-refractivity contribution is 0.0725. The van der Waals surface area contributed by atoms with Gasteiger partial charge in [0.2, 0.25) is 0 Å². The van der Waals surface area contributed by atoms with E-state index in [9.17, 15) is 22.0 Å². The minimum absolute atomic E-state index is 0.0293. The molecule has 0 saturated heterocycles. The number of halogens is 2. The molecule has 190 valence electrons. The van der Waals surface area contributed by atoms with Crippen molar-refractivity contribution in [3.05, 3.63) is 125 Å². The highest BCUT2D eigenvalue weighted by atomic mass is 32.2. The van der Waals surface area contributed by atoms with Crippen LogP contribution in [0.4, 0.5) is 8.78 Å². The van der Waals surface area contributed by atoms with Gasteiger partial charge in [0.1, 0.15) is 28.0 Å². The third-order valence-corrected chi connectivity index (χ3v) is 6.79. The molecule has 0 aromatic heterocycles. The SMILES string of the molecule is COc1ccc(S(=O)(=O)Oc2ccc(CN(Cc3ccc(F)cc3)C(=O)c3ccccc3F)cc2)cc1. The molecular formula is C28H23F2NO5S. The van der Waals surface area contributed by atoms with Crippen molar-refractivity contribution in [2.45, 2.75) is 18.0 Å². The van der Waals surface area contributed by atoms with E-state index in [1.54, 1.807) is 30.3 Å². The first-order chi connectivity index (χ1) is 17.7. The summed E-state index contributed by atoms with van der Waals surface area (Å²) in [6, 6.07) is 23.3. The number of ether oxygens (including phenoxy) is 1. The van der Waals surface area contributed by atoms with E-state index < -0.39 is 27.7 Å². The van der Waals surface area contributed by atoms with E-state index in [2.05, 4.69) is 0 Å². The van der Waals surface area contributed by atoms with Gasteiger partial charge in [0, 0.05) is 13.1 Å². The third kappa shape index (κ3) is 6.50. The summed E-state index contributed by atoms with van der Waals surface area (Å²) in [5, 5.41) is 0. The molecule has 4 rings (SSSR count). The number of nitrogens with zero attached hydrogens (tertiary/aromatic N) is 1. The van der Waals surface area contributed by atoms with Crippen LogP contribution in [0.25, 0.3) is 0 Å². The van der Waals surface area contributed by atoms with Gasteiger partial charge in [-0.3, -0.25) is 4.79 Å². The van der Waals surface area contributed by atoms with Crippen LogP contribution in [0.5, 0.6) is 11.5 Å². The summed E-state index contributed by atoms with van der Waals surface area (Å²) in [5.41, 5.74) is 1.23. The van der Waals surface area contributed by atoms with Gasteiger partial charge in [0.15, 0.2) is 0 Å². The van der Waals surface area contributed by atoms with Crippen molar-refractivity contribution in [2.24, 2.45) is 0 Å². The van der Waals surface area contributed by atoms with E-state index >= 15 is 0 Å². The Labute approximate surface area is 213 Å². The van der Waals surface area contributed by atoms with E-state index in [4.69, 9.17) is 8.92 Å². The van der Waals surface area contributed by atoms with Gasteiger partial charge in [0.05, 0.1) is 12.7 Å². The Bertz CT molecular complexity index is 1470. The second-order valence-corrected chi connectivity index (χ2v) is 9.67. The standard InChI is InChI=1S/C28H23F2NO5S/c1-35-23-14-16-25(17-15-23)37(33,34)36-24-12-8-21(9-13-24)19-31(18-20-6-10-22(29)11-7-20)28(32)26-4-2-3-5-27(26)30/h2-17H,18-19H2,1H3. The van der Waals surface area contributed by atoms with Crippen molar-refractivity contribution in [2.75, 3.05) is 7.11 Å². The molecule has 0 radical (unpaired) electrons. The minimum atomic E-state index is -4.07. The third-order valence-electron chi connectivity index (χ3n) is 5.53. The minimum Gasteiger partial charge on any atom is -0.497 e. The zero-order valence-electron chi connectivity index (χ0n) is 19.8. The van der Waals surface area contributed by atoms with Gasteiger partial charge in [-0.15, -0.1) is 0 Å². The van der Waals surface area contributed by atoms with Gasteiger partial charge < -0.3 is 13.8 Å². The van der Waals surface area contributed by atoms with E-state index in [0.29, 0.717) is 16.9 Å². The van der Waals surface area contributed by atoms with Crippen LogP contribution in [0, 0.1) is 11.6 Å². The monoisotopic (exact) mass is 523 g/mol. The molecule has 6 nitrogen and oxygen atoms in total.